The first-order valence-electron chi connectivity index (χ1n) is 10.6. The Balaban J connectivity index is 1.28. The molecule has 3 heterocycles. The number of fused-ring (bicyclic) bond motifs is 1. The van der Waals surface area contributed by atoms with Crippen LogP contribution in [0.1, 0.15) is 42.1 Å². The fourth-order valence-electron chi connectivity index (χ4n) is 4.18. The number of hydrogen-bond acceptors (Lipinski definition) is 5. The maximum absolute atomic E-state index is 12.6. The van der Waals surface area contributed by atoms with E-state index in [0.29, 0.717) is 44.3 Å². The molecule has 1 aliphatic heterocycles. The van der Waals surface area contributed by atoms with E-state index < -0.39 is 0 Å². The first kappa shape index (κ1) is 19.4. The van der Waals surface area contributed by atoms with Gasteiger partial charge in [-0.05, 0) is 24.6 Å². The van der Waals surface area contributed by atoms with Crippen LogP contribution in [0.25, 0.3) is 10.9 Å². The van der Waals surface area contributed by atoms with E-state index in [2.05, 4.69) is 21.2 Å². The van der Waals surface area contributed by atoms with Gasteiger partial charge in [0, 0.05) is 48.1 Å². The van der Waals surface area contributed by atoms with Crippen molar-refractivity contribution in [1.29, 1.82) is 0 Å². The van der Waals surface area contributed by atoms with Gasteiger partial charge in [-0.1, -0.05) is 41.6 Å². The van der Waals surface area contributed by atoms with Crippen LogP contribution >= 0.6 is 0 Å². The minimum Gasteiger partial charge on any atom is -0.494 e. The lowest BCUT2D eigenvalue weighted by atomic mass is 10.1. The van der Waals surface area contributed by atoms with Crippen LogP contribution in [0.2, 0.25) is 0 Å². The second kappa shape index (κ2) is 8.26. The van der Waals surface area contributed by atoms with E-state index in [1.807, 2.05) is 60.5 Å². The zero-order chi connectivity index (χ0) is 21.2. The van der Waals surface area contributed by atoms with Gasteiger partial charge in [-0.2, -0.15) is 4.98 Å². The highest BCUT2D eigenvalue weighted by Crippen LogP contribution is 2.30. The zero-order valence-electron chi connectivity index (χ0n) is 17.4. The number of amides is 1. The van der Waals surface area contributed by atoms with Gasteiger partial charge < -0.3 is 19.1 Å². The van der Waals surface area contributed by atoms with Crippen LogP contribution in [0.15, 0.2) is 59.3 Å². The summed E-state index contributed by atoms with van der Waals surface area (Å²) in [5, 5.41) is 5.33. The standard InChI is InChI=1S/C24H24N4O3/c1-2-30-21-10-6-3-7-16(21)14-28-15-18(12-23(28)29)24-26-22(31-27-24)11-17-13-25-20-9-5-4-8-19(17)20/h3-10,13,18,25H,2,11-12,14-15H2,1H3. The van der Waals surface area contributed by atoms with Gasteiger partial charge in [0.25, 0.3) is 0 Å². The average molecular weight is 416 g/mol. The van der Waals surface area contributed by atoms with E-state index in [9.17, 15) is 4.79 Å². The second-order valence-electron chi connectivity index (χ2n) is 7.80. The Morgan fingerprint density at radius 1 is 1.16 bits per heavy atom. The number of carbonyl (C=O) groups is 1. The lowest BCUT2D eigenvalue weighted by Crippen LogP contribution is -2.24. The van der Waals surface area contributed by atoms with Crippen LogP contribution in [-0.2, 0) is 17.8 Å². The van der Waals surface area contributed by atoms with Crippen molar-refractivity contribution in [2.24, 2.45) is 0 Å². The number of aromatic nitrogens is 3. The Labute approximate surface area is 180 Å². The summed E-state index contributed by atoms with van der Waals surface area (Å²) in [5.41, 5.74) is 3.20. The number of benzene rings is 2. The Morgan fingerprint density at radius 3 is 2.90 bits per heavy atom. The summed E-state index contributed by atoms with van der Waals surface area (Å²) in [6.07, 6.45) is 2.93. The van der Waals surface area contributed by atoms with Crippen molar-refractivity contribution in [3.63, 3.8) is 0 Å². The summed E-state index contributed by atoms with van der Waals surface area (Å²) in [6, 6.07) is 16.0. The molecule has 158 valence electrons. The van der Waals surface area contributed by atoms with Crippen LogP contribution in [-0.4, -0.2) is 39.1 Å². The molecule has 1 aliphatic rings. The minimum atomic E-state index is -0.0628. The smallest absolute Gasteiger partial charge is 0.231 e. The predicted octanol–water partition coefficient (Wildman–Crippen LogP) is 4.06. The second-order valence-corrected chi connectivity index (χ2v) is 7.80. The van der Waals surface area contributed by atoms with Crippen molar-refractivity contribution < 1.29 is 14.1 Å². The van der Waals surface area contributed by atoms with E-state index in [4.69, 9.17) is 9.26 Å². The maximum Gasteiger partial charge on any atom is 0.231 e. The molecule has 1 atom stereocenters. The first-order valence-corrected chi connectivity index (χ1v) is 10.6. The molecule has 5 rings (SSSR count). The van der Waals surface area contributed by atoms with E-state index >= 15 is 0 Å². The van der Waals surface area contributed by atoms with Crippen LogP contribution in [0.5, 0.6) is 5.75 Å². The van der Waals surface area contributed by atoms with Gasteiger partial charge >= 0.3 is 0 Å². The van der Waals surface area contributed by atoms with Crippen LogP contribution in [0.3, 0.4) is 0 Å². The number of hydrogen-bond donors (Lipinski definition) is 1. The molecule has 4 aromatic rings. The van der Waals surface area contributed by atoms with E-state index in [1.54, 1.807) is 0 Å². The molecular formula is C24H24N4O3. The van der Waals surface area contributed by atoms with Crippen molar-refractivity contribution in [2.75, 3.05) is 13.2 Å². The third-order valence-corrected chi connectivity index (χ3v) is 5.71. The molecule has 1 fully saturated rings. The first-order chi connectivity index (χ1) is 15.2. The van der Waals surface area contributed by atoms with Crippen molar-refractivity contribution in [3.8, 4) is 5.75 Å². The quantitative estimate of drug-likeness (QED) is 0.491. The molecule has 1 saturated heterocycles. The monoisotopic (exact) mass is 416 g/mol. The number of ether oxygens (including phenoxy) is 1. The number of rotatable bonds is 7. The fraction of sp³-hybridized carbons (Fsp3) is 0.292. The van der Waals surface area contributed by atoms with Crippen LogP contribution in [0.4, 0.5) is 0 Å². The van der Waals surface area contributed by atoms with Crippen molar-refractivity contribution in [3.05, 3.63) is 77.6 Å². The lowest BCUT2D eigenvalue weighted by Gasteiger charge is -2.18. The Kier molecular flexibility index (Phi) is 5.16. The molecule has 2 aromatic heterocycles. The Hall–Kier alpha value is -3.61. The summed E-state index contributed by atoms with van der Waals surface area (Å²) < 4.78 is 11.2. The van der Waals surface area contributed by atoms with E-state index in [0.717, 1.165) is 27.8 Å². The van der Waals surface area contributed by atoms with Crippen LogP contribution < -0.4 is 4.74 Å². The predicted molar refractivity (Wildman–Crippen MR) is 116 cm³/mol. The topological polar surface area (TPSA) is 84.2 Å². The molecule has 1 N–H and O–H groups in total. The number of aromatic amines is 1. The molecule has 2 aromatic carbocycles. The van der Waals surface area contributed by atoms with Crippen molar-refractivity contribution >= 4 is 16.8 Å². The molecule has 0 aliphatic carbocycles. The third-order valence-electron chi connectivity index (χ3n) is 5.71. The lowest BCUT2D eigenvalue weighted by molar-refractivity contribution is -0.128. The molecule has 0 saturated carbocycles. The Bertz CT molecular complexity index is 1210. The summed E-state index contributed by atoms with van der Waals surface area (Å²) >= 11 is 0. The number of nitrogens with zero attached hydrogens (tertiary/aromatic N) is 3. The number of nitrogens with one attached hydrogen (secondary N) is 1. The summed E-state index contributed by atoms with van der Waals surface area (Å²) in [7, 11) is 0. The van der Waals surface area contributed by atoms with E-state index in [-0.39, 0.29) is 11.8 Å². The summed E-state index contributed by atoms with van der Waals surface area (Å²) in [5.74, 6) is 2.02. The molecule has 1 amide bonds. The van der Waals surface area contributed by atoms with Gasteiger partial charge in [0.2, 0.25) is 11.8 Å². The van der Waals surface area contributed by atoms with Gasteiger partial charge in [0.05, 0.1) is 13.0 Å². The van der Waals surface area contributed by atoms with Gasteiger partial charge in [0.15, 0.2) is 5.82 Å². The van der Waals surface area contributed by atoms with Crippen molar-refractivity contribution in [1.82, 2.24) is 20.0 Å². The highest BCUT2D eigenvalue weighted by Gasteiger charge is 2.34. The number of H-pyrrole nitrogens is 1. The number of likely N-dealkylation sites (tertiary alicyclic amines) is 1. The third kappa shape index (κ3) is 3.91. The van der Waals surface area contributed by atoms with Gasteiger partial charge in [0.1, 0.15) is 5.75 Å². The highest BCUT2D eigenvalue weighted by atomic mass is 16.5. The summed E-state index contributed by atoms with van der Waals surface area (Å²) in [6.45, 7) is 3.64. The molecule has 1 unspecified atom stereocenters. The van der Waals surface area contributed by atoms with E-state index in [1.165, 1.54) is 0 Å². The maximum atomic E-state index is 12.6. The summed E-state index contributed by atoms with van der Waals surface area (Å²) in [4.78, 5) is 22.4. The van der Waals surface area contributed by atoms with Gasteiger partial charge in [-0.3, -0.25) is 4.79 Å². The highest BCUT2D eigenvalue weighted by molar-refractivity contribution is 5.83. The van der Waals surface area contributed by atoms with Gasteiger partial charge in [-0.15, -0.1) is 0 Å². The Morgan fingerprint density at radius 2 is 2.00 bits per heavy atom. The number of para-hydroxylation sites is 2. The van der Waals surface area contributed by atoms with Crippen LogP contribution in [0, 0.1) is 0 Å². The molecule has 7 heteroatoms. The van der Waals surface area contributed by atoms with Crippen molar-refractivity contribution in [2.45, 2.75) is 32.2 Å². The zero-order valence-corrected chi connectivity index (χ0v) is 17.4. The molecule has 7 nitrogen and oxygen atoms in total. The molecule has 0 radical (unpaired) electrons. The molecule has 0 bridgehead atoms. The fourth-order valence-corrected chi connectivity index (χ4v) is 4.18. The molecule has 31 heavy (non-hydrogen) atoms. The average Bonchev–Trinajstić information content (AvgIpc) is 3.50. The molecular weight excluding hydrogens is 392 g/mol. The number of carbonyl (C=O) groups excluding carboxylic acids is 1. The van der Waals surface area contributed by atoms with Gasteiger partial charge in [-0.25, -0.2) is 0 Å². The SMILES string of the molecule is CCOc1ccccc1CN1CC(c2noc(Cc3c[nH]c4ccccc34)n2)CC1=O. The largest absolute Gasteiger partial charge is 0.494 e. The minimum absolute atomic E-state index is 0.0628. The molecule has 0 spiro atoms. The normalized spacial score (nSPS) is 16.4.